The van der Waals surface area contributed by atoms with Crippen molar-refractivity contribution < 1.29 is 9.59 Å². The number of aromatic nitrogens is 2. The van der Waals surface area contributed by atoms with E-state index in [2.05, 4.69) is 14.9 Å². The van der Waals surface area contributed by atoms with Crippen LogP contribution in [0.15, 0.2) is 30.6 Å². The fourth-order valence-electron chi connectivity index (χ4n) is 3.14. The molecule has 1 aliphatic rings. The van der Waals surface area contributed by atoms with Gasteiger partial charge in [-0.25, -0.2) is 9.97 Å². The summed E-state index contributed by atoms with van der Waals surface area (Å²) in [6, 6.07) is 5.27. The Kier molecular flexibility index (Phi) is 4.92. The van der Waals surface area contributed by atoms with Crippen LogP contribution >= 0.6 is 0 Å². The molecule has 7 nitrogen and oxygen atoms in total. The Morgan fingerprint density at radius 2 is 1.80 bits per heavy atom. The van der Waals surface area contributed by atoms with E-state index in [1.807, 2.05) is 6.07 Å². The lowest BCUT2D eigenvalue weighted by Crippen LogP contribution is -2.30. The highest BCUT2D eigenvalue weighted by atomic mass is 16.1. The van der Waals surface area contributed by atoms with Gasteiger partial charge in [-0.3, -0.25) is 9.59 Å². The number of benzene rings is 1. The van der Waals surface area contributed by atoms with Crippen molar-refractivity contribution >= 4 is 23.2 Å². The quantitative estimate of drug-likeness (QED) is 0.799. The van der Waals surface area contributed by atoms with Crippen LogP contribution in [0.5, 0.6) is 0 Å². The van der Waals surface area contributed by atoms with E-state index < -0.39 is 5.91 Å². The normalized spacial score (nSPS) is 14.3. The number of nitrogen functional groups attached to an aromatic ring is 1. The third kappa shape index (κ3) is 3.76. The van der Waals surface area contributed by atoms with E-state index in [-0.39, 0.29) is 23.7 Å². The van der Waals surface area contributed by atoms with Crippen LogP contribution in [0.4, 0.5) is 11.5 Å². The first kappa shape index (κ1) is 16.9. The van der Waals surface area contributed by atoms with Crippen LogP contribution in [0.2, 0.25) is 0 Å². The van der Waals surface area contributed by atoms with Crippen LogP contribution in [-0.4, -0.2) is 34.7 Å². The lowest BCUT2D eigenvalue weighted by atomic mass is 9.99. The molecule has 130 valence electrons. The van der Waals surface area contributed by atoms with Gasteiger partial charge in [0.1, 0.15) is 5.69 Å². The minimum absolute atomic E-state index is 0.0931. The molecule has 1 aromatic carbocycles. The van der Waals surface area contributed by atoms with Crippen molar-refractivity contribution in [3.63, 3.8) is 0 Å². The van der Waals surface area contributed by atoms with Gasteiger partial charge in [0.05, 0.1) is 0 Å². The number of Topliss-reactive ketones (excluding diaryl/α,β-unsaturated/α-hetero) is 1. The number of anilines is 2. The Balaban J connectivity index is 1.94. The van der Waals surface area contributed by atoms with Gasteiger partial charge in [0.15, 0.2) is 11.6 Å². The molecule has 0 atom stereocenters. The van der Waals surface area contributed by atoms with Crippen molar-refractivity contribution in [2.24, 2.45) is 5.73 Å². The molecule has 1 aliphatic heterocycles. The molecule has 0 bridgehead atoms. The van der Waals surface area contributed by atoms with E-state index in [9.17, 15) is 9.59 Å². The van der Waals surface area contributed by atoms with E-state index in [1.54, 1.807) is 12.1 Å². The van der Waals surface area contributed by atoms with Gasteiger partial charge in [0.2, 0.25) is 5.91 Å². The van der Waals surface area contributed by atoms with Crippen molar-refractivity contribution in [1.29, 1.82) is 0 Å². The summed E-state index contributed by atoms with van der Waals surface area (Å²) in [5.41, 5.74) is 13.4. The first-order chi connectivity index (χ1) is 12.1. The fourth-order valence-corrected chi connectivity index (χ4v) is 3.14. The Bertz CT molecular complexity index is 800. The highest BCUT2D eigenvalue weighted by Gasteiger charge is 2.20. The molecule has 1 amide bonds. The Labute approximate surface area is 146 Å². The fraction of sp³-hybridized carbons (Fsp3) is 0.333. The van der Waals surface area contributed by atoms with Crippen LogP contribution in [0, 0.1) is 0 Å². The van der Waals surface area contributed by atoms with Gasteiger partial charge in [-0.05, 0) is 43.0 Å². The molecule has 0 saturated carbocycles. The second kappa shape index (κ2) is 7.29. The van der Waals surface area contributed by atoms with Crippen molar-refractivity contribution in [1.82, 2.24) is 9.97 Å². The van der Waals surface area contributed by atoms with E-state index in [1.165, 1.54) is 18.8 Å². The third-order valence-electron chi connectivity index (χ3n) is 4.40. The predicted octanol–water partition coefficient (Wildman–Crippen LogP) is 1.57. The summed E-state index contributed by atoms with van der Waals surface area (Å²) < 4.78 is 0. The maximum Gasteiger partial charge on any atom is 0.248 e. The van der Waals surface area contributed by atoms with Crippen LogP contribution in [-0.2, 0) is 6.42 Å². The van der Waals surface area contributed by atoms with Crippen molar-refractivity contribution in [3.8, 4) is 0 Å². The Morgan fingerprint density at radius 1 is 1.08 bits per heavy atom. The zero-order valence-corrected chi connectivity index (χ0v) is 13.9. The summed E-state index contributed by atoms with van der Waals surface area (Å²) in [7, 11) is 0. The van der Waals surface area contributed by atoms with E-state index in [4.69, 9.17) is 11.5 Å². The molecule has 0 aliphatic carbocycles. The first-order valence-electron chi connectivity index (χ1n) is 8.33. The zero-order valence-electron chi connectivity index (χ0n) is 13.9. The molecule has 0 radical (unpaired) electrons. The highest BCUT2D eigenvalue weighted by Crippen LogP contribution is 2.27. The number of ketones is 1. The SMILES string of the molecule is NC(=O)c1ccc(N2CCCCC2)c(CC(=O)c2nccnc2N)c1. The van der Waals surface area contributed by atoms with Gasteiger partial charge < -0.3 is 16.4 Å². The number of piperidine rings is 1. The molecular weight excluding hydrogens is 318 g/mol. The second-order valence-corrected chi connectivity index (χ2v) is 6.15. The van der Waals surface area contributed by atoms with E-state index in [0.29, 0.717) is 5.56 Å². The molecule has 7 heteroatoms. The average molecular weight is 339 g/mol. The van der Waals surface area contributed by atoms with Gasteiger partial charge in [-0.2, -0.15) is 0 Å². The zero-order chi connectivity index (χ0) is 17.8. The van der Waals surface area contributed by atoms with Gasteiger partial charge in [-0.1, -0.05) is 0 Å². The number of carbonyl (C=O) groups excluding carboxylic acids is 2. The van der Waals surface area contributed by atoms with Gasteiger partial charge >= 0.3 is 0 Å². The Morgan fingerprint density at radius 3 is 2.48 bits per heavy atom. The van der Waals surface area contributed by atoms with Crippen molar-refractivity contribution in [2.75, 3.05) is 23.7 Å². The number of hydrogen-bond donors (Lipinski definition) is 2. The largest absolute Gasteiger partial charge is 0.382 e. The molecule has 25 heavy (non-hydrogen) atoms. The number of primary amides is 1. The van der Waals surface area contributed by atoms with Crippen LogP contribution in [0.25, 0.3) is 0 Å². The summed E-state index contributed by atoms with van der Waals surface area (Å²) >= 11 is 0. The topological polar surface area (TPSA) is 115 Å². The molecule has 1 saturated heterocycles. The van der Waals surface area contributed by atoms with Gasteiger partial charge in [0, 0.05) is 43.2 Å². The van der Waals surface area contributed by atoms with E-state index >= 15 is 0 Å². The number of nitrogens with two attached hydrogens (primary N) is 2. The number of hydrogen-bond acceptors (Lipinski definition) is 6. The van der Waals surface area contributed by atoms with Crippen molar-refractivity contribution in [3.05, 3.63) is 47.4 Å². The maximum absolute atomic E-state index is 12.6. The standard InChI is InChI=1S/C18H21N5O2/c19-17-16(21-6-7-22-17)15(24)11-13-10-12(18(20)25)4-5-14(13)23-8-2-1-3-9-23/h4-7,10H,1-3,8-9,11H2,(H2,19,22)(H2,20,25). The van der Waals surface area contributed by atoms with Gasteiger partial charge in [0.25, 0.3) is 0 Å². The summed E-state index contributed by atoms with van der Waals surface area (Å²) in [5, 5.41) is 0. The number of amides is 1. The summed E-state index contributed by atoms with van der Waals surface area (Å²) in [6.45, 7) is 1.87. The molecular formula is C18H21N5O2. The Hall–Kier alpha value is -2.96. The monoisotopic (exact) mass is 339 g/mol. The molecule has 1 fully saturated rings. The van der Waals surface area contributed by atoms with Crippen LogP contribution in [0.3, 0.4) is 0 Å². The average Bonchev–Trinajstić information content (AvgIpc) is 2.62. The summed E-state index contributed by atoms with van der Waals surface area (Å²) in [5.74, 6) is -0.638. The second-order valence-electron chi connectivity index (χ2n) is 6.15. The number of rotatable bonds is 5. The lowest BCUT2D eigenvalue weighted by molar-refractivity contribution is 0.0981. The summed E-state index contributed by atoms with van der Waals surface area (Å²) in [4.78, 5) is 34.4. The maximum atomic E-state index is 12.6. The van der Waals surface area contributed by atoms with Gasteiger partial charge in [-0.15, -0.1) is 0 Å². The minimum atomic E-state index is -0.516. The smallest absolute Gasteiger partial charge is 0.248 e. The number of carbonyl (C=O) groups is 2. The molecule has 4 N–H and O–H groups in total. The molecule has 2 heterocycles. The minimum Gasteiger partial charge on any atom is -0.382 e. The molecule has 2 aromatic rings. The predicted molar refractivity (Wildman–Crippen MR) is 95.5 cm³/mol. The highest BCUT2D eigenvalue weighted by molar-refractivity contribution is 6.00. The molecule has 3 rings (SSSR count). The van der Waals surface area contributed by atoms with Crippen LogP contribution < -0.4 is 16.4 Å². The van der Waals surface area contributed by atoms with E-state index in [0.717, 1.165) is 37.2 Å². The lowest BCUT2D eigenvalue weighted by Gasteiger charge is -2.30. The first-order valence-corrected chi connectivity index (χ1v) is 8.33. The van der Waals surface area contributed by atoms with Crippen LogP contribution in [0.1, 0.15) is 45.7 Å². The number of nitrogens with zero attached hydrogens (tertiary/aromatic N) is 3. The molecule has 0 unspecified atom stereocenters. The summed E-state index contributed by atoms with van der Waals surface area (Å²) in [6.07, 6.45) is 6.41. The molecule has 1 aromatic heterocycles. The third-order valence-corrected chi connectivity index (χ3v) is 4.40. The molecule has 0 spiro atoms. The van der Waals surface area contributed by atoms with Crippen molar-refractivity contribution in [2.45, 2.75) is 25.7 Å².